The van der Waals surface area contributed by atoms with Crippen molar-refractivity contribution in [2.24, 2.45) is 5.92 Å². The van der Waals surface area contributed by atoms with E-state index in [0.29, 0.717) is 6.04 Å². The molecule has 2 N–H and O–H groups in total. The van der Waals surface area contributed by atoms with E-state index >= 15 is 0 Å². The van der Waals surface area contributed by atoms with E-state index in [1.807, 2.05) is 13.8 Å². The number of urea groups is 1. The Morgan fingerprint density at radius 1 is 1.24 bits per heavy atom. The third-order valence-electron chi connectivity index (χ3n) is 3.79. The molecule has 100 valence electrons. The molecule has 1 rings (SSSR count). The Hall–Kier alpha value is -0.770. The van der Waals surface area contributed by atoms with Crippen LogP contribution in [0.2, 0.25) is 0 Å². The minimum absolute atomic E-state index is 0.0301. The van der Waals surface area contributed by atoms with E-state index in [9.17, 15) is 4.79 Å². The summed E-state index contributed by atoms with van der Waals surface area (Å²) in [4.78, 5) is 11.7. The fourth-order valence-corrected chi connectivity index (χ4v) is 2.16. The minimum Gasteiger partial charge on any atom is -0.380 e. The lowest BCUT2D eigenvalue weighted by Crippen LogP contribution is -2.49. The molecule has 0 aromatic heterocycles. The first kappa shape index (κ1) is 14.3. The van der Waals surface area contributed by atoms with Crippen LogP contribution in [0.1, 0.15) is 46.5 Å². The van der Waals surface area contributed by atoms with E-state index in [-0.39, 0.29) is 18.2 Å². The van der Waals surface area contributed by atoms with Crippen LogP contribution in [0.15, 0.2) is 0 Å². The zero-order valence-electron chi connectivity index (χ0n) is 11.5. The molecule has 2 atom stereocenters. The van der Waals surface area contributed by atoms with E-state index in [4.69, 9.17) is 4.74 Å². The summed E-state index contributed by atoms with van der Waals surface area (Å²) < 4.78 is 5.17. The first-order valence-corrected chi connectivity index (χ1v) is 6.62. The average molecular weight is 242 g/mol. The molecule has 0 radical (unpaired) electrons. The van der Waals surface area contributed by atoms with Crippen molar-refractivity contribution >= 4 is 6.03 Å². The molecule has 1 saturated carbocycles. The van der Waals surface area contributed by atoms with Gasteiger partial charge in [0.15, 0.2) is 0 Å². The Kier molecular flexibility index (Phi) is 5.75. The Morgan fingerprint density at radius 2 is 1.82 bits per heavy atom. The Balaban J connectivity index is 2.25. The summed E-state index contributed by atoms with van der Waals surface area (Å²) in [5.41, 5.74) is 0. The van der Waals surface area contributed by atoms with Crippen molar-refractivity contribution in [3.8, 4) is 0 Å². The van der Waals surface area contributed by atoms with Gasteiger partial charge in [0.2, 0.25) is 0 Å². The second kappa shape index (κ2) is 6.84. The molecule has 1 aliphatic carbocycles. The van der Waals surface area contributed by atoms with Gasteiger partial charge in [-0.1, -0.05) is 6.92 Å². The number of hydrogen-bond donors (Lipinski definition) is 2. The van der Waals surface area contributed by atoms with Crippen molar-refractivity contribution < 1.29 is 9.53 Å². The van der Waals surface area contributed by atoms with Crippen molar-refractivity contribution in [2.45, 2.75) is 64.6 Å². The van der Waals surface area contributed by atoms with Crippen LogP contribution in [-0.2, 0) is 4.74 Å². The summed E-state index contributed by atoms with van der Waals surface area (Å²) in [6, 6.07) is 0.305. The number of rotatable bonds is 4. The monoisotopic (exact) mass is 242 g/mol. The number of carbonyl (C=O) groups is 1. The summed E-state index contributed by atoms with van der Waals surface area (Å²) >= 11 is 0. The maximum atomic E-state index is 11.7. The Labute approximate surface area is 104 Å². The van der Waals surface area contributed by atoms with Crippen LogP contribution in [-0.4, -0.2) is 31.3 Å². The Morgan fingerprint density at radius 3 is 2.35 bits per heavy atom. The SMILES string of the molecule is CO[C@H](C)[C@H](C)NC(=O)NC1CCC(C)CC1. The number of methoxy groups -OCH3 is 1. The van der Waals surface area contributed by atoms with E-state index < -0.39 is 0 Å². The van der Waals surface area contributed by atoms with Crippen molar-refractivity contribution in [3.05, 3.63) is 0 Å². The second-order valence-corrected chi connectivity index (χ2v) is 5.30. The van der Waals surface area contributed by atoms with E-state index in [1.54, 1.807) is 7.11 Å². The van der Waals surface area contributed by atoms with E-state index in [0.717, 1.165) is 18.8 Å². The van der Waals surface area contributed by atoms with Gasteiger partial charge in [0.25, 0.3) is 0 Å². The highest BCUT2D eigenvalue weighted by Gasteiger charge is 2.21. The third kappa shape index (κ3) is 4.94. The average Bonchev–Trinajstić information content (AvgIpc) is 2.30. The molecule has 1 aliphatic rings. The van der Waals surface area contributed by atoms with Gasteiger partial charge < -0.3 is 15.4 Å². The van der Waals surface area contributed by atoms with Crippen LogP contribution in [0.4, 0.5) is 4.79 Å². The van der Waals surface area contributed by atoms with Gasteiger partial charge in [-0.25, -0.2) is 4.79 Å². The van der Waals surface area contributed by atoms with Crippen molar-refractivity contribution in [3.63, 3.8) is 0 Å². The maximum absolute atomic E-state index is 11.7. The van der Waals surface area contributed by atoms with Crippen LogP contribution in [0.25, 0.3) is 0 Å². The van der Waals surface area contributed by atoms with Crippen LogP contribution in [0, 0.1) is 5.92 Å². The molecule has 0 aliphatic heterocycles. The minimum atomic E-state index is -0.0686. The lowest BCUT2D eigenvalue weighted by atomic mass is 9.87. The van der Waals surface area contributed by atoms with Crippen LogP contribution in [0.3, 0.4) is 0 Å². The molecule has 0 heterocycles. The van der Waals surface area contributed by atoms with Crippen molar-refractivity contribution in [1.29, 1.82) is 0 Å². The molecule has 4 heteroatoms. The van der Waals surface area contributed by atoms with Crippen molar-refractivity contribution in [2.75, 3.05) is 7.11 Å². The summed E-state index contributed by atoms with van der Waals surface area (Å²) in [6.45, 7) is 6.18. The molecular weight excluding hydrogens is 216 g/mol. The Bertz CT molecular complexity index is 238. The van der Waals surface area contributed by atoms with Crippen molar-refractivity contribution in [1.82, 2.24) is 10.6 Å². The number of amides is 2. The largest absolute Gasteiger partial charge is 0.380 e. The fraction of sp³-hybridized carbons (Fsp3) is 0.923. The van der Waals surface area contributed by atoms with Gasteiger partial charge in [0.05, 0.1) is 12.1 Å². The number of nitrogens with one attached hydrogen (secondary N) is 2. The molecule has 0 saturated heterocycles. The van der Waals surface area contributed by atoms with E-state index in [1.165, 1.54) is 12.8 Å². The molecule has 0 bridgehead atoms. The molecule has 17 heavy (non-hydrogen) atoms. The summed E-state index contributed by atoms with van der Waals surface area (Å²) in [5, 5.41) is 5.96. The van der Waals surface area contributed by atoms with Crippen LogP contribution < -0.4 is 10.6 Å². The molecule has 2 amide bonds. The molecule has 0 aromatic rings. The van der Waals surface area contributed by atoms with Gasteiger partial charge in [0.1, 0.15) is 0 Å². The van der Waals surface area contributed by atoms with Gasteiger partial charge in [-0.3, -0.25) is 0 Å². The lowest BCUT2D eigenvalue weighted by Gasteiger charge is -2.28. The quantitative estimate of drug-likeness (QED) is 0.794. The maximum Gasteiger partial charge on any atom is 0.315 e. The van der Waals surface area contributed by atoms with Gasteiger partial charge >= 0.3 is 6.03 Å². The van der Waals surface area contributed by atoms with Crippen LogP contribution >= 0.6 is 0 Å². The second-order valence-electron chi connectivity index (χ2n) is 5.30. The highest BCUT2D eigenvalue weighted by molar-refractivity contribution is 5.74. The van der Waals surface area contributed by atoms with Gasteiger partial charge in [-0.05, 0) is 45.4 Å². The molecule has 1 fully saturated rings. The van der Waals surface area contributed by atoms with Gasteiger partial charge in [-0.2, -0.15) is 0 Å². The molecular formula is C13H26N2O2. The molecule has 4 nitrogen and oxygen atoms in total. The first-order valence-electron chi connectivity index (χ1n) is 6.62. The highest BCUT2D eigenvalue weighted by atomic mass is 16.5. The fourth-order valence-electron chi connectivity index (χ4n) is 2.16. The topological polar surface area (TPSA) is 50.4 Å². The summed E-state index contributed by atoms with van der Waals surface area (Å²) in [6.07, 6.45) is 4.67. The normalized spacial score (nSPS) is 28.2. The predicted molar refractivity (Wildman–Crippen MR) is 69.0 cm³/mol. The van der Waals surface area contributed by atoms with E-state index in [2.05, 4.69) is 17.6 Å². The summed E-state index contributed by atoms with van der Waals surface area (Å²) in [7, 11) is 1.66. The predicted octanol–water partition coefficient (Wildman–Crippen LogP) is 2.29. The number of hydrogen-bond acceptors (Lipinski definition) is 2. The third-order valence-corrected chi connectivity index (χ3v) is 3.79. The standard InChI is InChI=1S/C13H26N2O2/c1-9-5-7-12(8-6-9)15-13(16)14-10(2)11(3)17-4/h9-12H,5-8H2,1-4H3,(H2,14,15,16)/t9?,10-,11+,12?/m0/s1. The molecule has 0 aromatic carbocycles. The number of carbonyl (C=O) groups excluding carboxylic acids is 1. The number of ether oxygens (including phenoxy) is 1. The smallest absolute Gasteiger partial charge is 0.315 e. The summed E-state index contributed by atoms with van der Waals surface area (Å²) in [5.74, 6) is 0.809. The van der Waals surface area contributed by atoms with Gasteiger partial charge in [0, 0.05) is 13.2 Å². The zero-order chi connectivity index (χ0) is 12.8. The van der Waals surface area contributed by atoms with Crippen LogP contribution in [0.5, 0.6) is 0 Å². The molecule has 0 unspecified atom stereocenters. The van der Waals surface area contributed by atoms with Gasteiger partial charge in [-0.15, -0.1) is 0 Å². The zero-order valence-corrected chi connectivity index (χ0v) is 11.5. The molecule has 0 spiro atoms. The first-order chi connectivity index (χ1) is 8.02. The lowest BCUT2D eigenvalue weighted by molar-refractivity contribution is 0.0908. The highest BCUT2D eigenvalue weighted by Crippen LogP contribution is 2.23.